The summed E-state index contributed by atoms with van der Waals surface area (Å²) in [6.45, 7) is 6.97. The number of ether oxygens (including phenoxy) is 2. The molecular formula is C21H23ClN2O5. The third-order valence-corrected chi connectivity index (χ3v) is 4.00. The molecule has 0 aliphatic carbocycles. The molecule has 1 heterocycles. The smallest absolute Gasteiger partial charge is 0.345 e. The highest BCUT2D eigenvalue weighted by Gasteiger charge is 2.21. The van der Waals surface area contributed by atoms with Crippen LogP contribution >= 0.6 is 11.6 Å². The second-order valence-electron chi connectivity index (χ2n) is 6.97. The van der Waals surface area contributed by atoms with E-state index in [1.54, 1.807) is 39.8 Å². The van der Waals surface area contributed by atoms with Crippen LogP contribution in [0.5, 0.6) is 11.5 Å². The van der Waals surface area contributed by atoms with E-state index in [2.05, 4.69) is 9.98 Å². The first-order chi connectivity index (χ1) is 13.7. The molecule has 7 nitrogen and oxygen atoms in total. The average molecular weight is 419 g/mol. The molecule has 0 spiro atoms. The van der Waals surface area contributed by atoms with Crippen molar-refractivity contribution in [2.24, 2.45) is 16.8 Å². The lowest BCUT2D eigenvalue weighted by Crippen LogP contribution is -2.18. The van der Waals surface area contributed by atoms with Crippen LogP contribution in [0.3, 0.4) is 0 Å². The van der Waals surface area contributed by atoms with Crippen LogP contribution in [0.1, 0.15) is 43.6 Å². The van der Waals surface area contributed by atoms with Crippen molar-refractivity contribution < 1.29 is 24.2 Å². The molecule has 8 heteroatoms. The third-order valence-electron chi connectivity index (χ3n) is 3.78. The number of hydrogen-bond acceptors (Lipinski definition) is 7. The van der Waals surface area contributed by atoms with E-state index >= 15 is 0 Å². The minimum atomic E-state index is -0.955. The summed E-state index contributed by atoms with van der Waals surface area (Å²) >= 11 is 6.16. The van der Waals surface area contributed by atoms with E-state index in [-0.39, 0.29) is 28.0 Å². The molecule has 154 valence electrons. The first-order valence-corrected chi connectivity index (χ1v) is 9.45. The highest BCUT2D eigenvalue weighted by molar-refractivity contribution is 6.31. The van der Waals surface area contributed by atoms with Gasteiger partial charge in [-0.2, -0.15) is 0 Å². The van der Waals surface area contributed by atoms with Gasteiger partial charge < -0.3 is 14.6 Å². The average Bonchev–Trinajstić information content (AvgIpc) is 2.68. The number of hydrogen-bond donors (Lipinski definition) is 1. The number of pyridine rings is 1. The maximum atomic E-state index is 12.4. The normalized spacial score (nSPS) is 12.4. The molecule has 0 fully saturated rings. The van der Waals surface area contributed by atoms with Crippen molar-refractivity contribution in [3.05, 3.63) is 52.8 Å². The van der Waals surface area contributed by atoms with Gasteiger partial charge in [0.05, 0.1) is 11.5 Å². The standard InChI is InChI=1S/C21H23ClN2O5/c1-12(2)19(25)24-11-15-8-16(22)9-17(18(15)29-20(26)13(3)4)28-21(27)14-6-5-7-23-10-14/h5-13,19,25H,1-4H3/b24-11+. The van der Waals surface area contributed by atoms with Crippen LogP contribution in [0.4, 0.5) is 0 Å². The summed E-state index contributed by atoms with van der Waals surface area (Å²) in [7, 11) is 0. The predicted octanol–water partition coefficient (Wildman–Crippen LogP) is 3.91. The molecule has 1 unspecified atom stereocenters. The number of aliphatic imine (C=N–C) groups is 1. The van der Waals surface area contributed by atoms with Crippen LogP contribution in [0.25, 0.3) is 0 Å². The van der Waals surface area contributed by atoms with Gasteiger partial charge in [-0.3, -0.25) is 14.8 Å². The summed E-state index contributed by atoms with van der Waals surface area (Å²) in [5.74, 6) is -1.79. The van der Waals surface area contributed by atoms with E-state index in [9.17, 15) is 14.7 Å². The van der Waals surface area contributed by atoms with Gasteiger partial charge in [0, 0.05) is 35.3 Å². The lowest BCUT2D eigenvalue weighted by molar-refractivity contribution is -0.137. The fourth-order valence-electron chi connectivity index (χ4n) is 2.06. The molecule has 1 N–H and O–H groups in total. The molecule has 1 aromatic carbocycles. The molecule has 0 aliphatic rings. The van der Waals surface area contributed by atoms with Gasteiger partial charge in [0.2, 0.25) is 0 Å². The number of aromatic nitrogens is 1. The minimum Gasteiger partial charge on any atom is -0.422 e. The molecule has 2 rings (SSSR count). The van der Waals surface area contributed by atoms with Gasteiger partial charge in [-0.05, 0) is 24.1 Å². The van der Waals surface area contributed by atoms with Crippen molar-refractivity contribution in [2.75, 3.05) is 0 Å². The Morgan fingerprint density at radius 3 is 2.52 bits per heavy atom. The van der Waals surface area contributed by atoms with Gasteiger partial charge in [0.15, 0.2) is 11.5 Å². The fraction of sp³-hybridized carbons (Fsp3) is 0.333. The third kappa shape index (κ3) is 6.37. The van der Waals surface area contributed by atoms with Crippen LogP contribution in [0.15, 0.2) is 41.7 Å². The molecule has 0 amide bonds. The molecule has 0 radical (unpaired) electrons. The Balaban J connectivity index is 2.47. The molecule has 0 saturated heterocycles. The van der Waals surface area contributed by atoms with Crippen molar-refractivity contribution in [1.29, 1.82) is 0 Å². The van der Waals surface area contributed by atoms with Gasteiger partial charge in [0.25, 0.3) is 0 Å². The highest BCUT2D eigenvalue weighted by Crippen LogP contribution is 2.35. The monoisotopic (exact) mass is 418 g/mol. The second-order valence-corrected chi connectivity index (χ2v) is 7.40. The number of carbonyl (C=O) groups excluding carboxylic acids is 2. The fourth-order valence-corrected chi connectivity index (χ4v) is 2.28. The molecule has 0 aliphatic heterocycles. The SMILES string of the molecule is CC(C)C(=O)Oc1c(/C=N/C(O)C(C)C)cc(Cl)cc1OC(=O)c1cccnc1. The summed E-state index contributed by atoms with van der Waals surface area (Å²) in [4.78, 5) is 32.6. The van der Waals surface area contributed by atoms with Crippen molar-refractivity contribution in [1.82, 2.24) is 4.98 Å². The Labute approximate surface area is 174 Å². The van der Waals surface area contributed by atoms with E-state index in [1.165, 1.54) is 30.7 Å². The van der Waals surface area contributed by atoms with Crippen molar-refractivity contribution in [3.63, 3.8) is 0 Å². The molecular weight excluding hydrogens is 396 g/mol. The number of carbonyl (C=O) groups is 2. The highest BCUT2D eigenvalue weighted by atomic mass is 35.5. The van der Waals surface area contributed by atoms with E-state index in [0.29, 0.717) is 5.56 Å². The summed E-state index contributed by atoms with van der Waals surface area (Å²) in [5, 5.41) is 10.2. The Bertz CT molecular complexity index is 897. The quantitative estimate of drug-likeness (QED) is 0.416. The predicted molar refractivity (Wildman–Crippen MR) is 110 cm³/mol. The van der Waals surface area contributed by atoms with E-state index in [4.69, 9.17) is 21.1 Å². The van der Waals surface area contributed by atoms with E-state index in [1.807, 2.05) is 0 Å². The number of nitrogens with zero attached hydrogens (tertiary/aromatic N) is 2. The van der Waals surface area contributed by atoms with Crippen molar-refractivity contribution >= 4 is 29.8 Å². The molecule has 1 aromatic heterocycles. The van der Waals surface area contributed by atoms with Gasteiger partial charge in [-0.25, -0.2) is 4.79 Å². The van der Waals surface area contributed by atoms with Gasteiger partial charge in [-0.15, -0.1) is 0 Å². The molecule has 0 bridgehead atoms. The number of benzene rings is 1. The summed E-state index contributed by atoms with van der Waals surface area (Å²) in [6, 6.07) is 6.01. The maximum Gasteiger partial charge on any atom is 0.345 e. The Kier molecular flexibility index (Phi) is 7.87. The number of rotatable bonds is 7. The minimum absolute atomic E-state index is 0.00922. The lowest BCUT2D eigenvalue weighted by Gasteiger charge is -2.15. The van der Waals surface area contributed by atoms with E-state index in [0.717, 1.165) is 0 Å². The number of aliphatic hydroxyl groups is 1. The largest absolute Gasteiger partial charge is 0.422 e. The summed E-state index contributed by atoms with van der Waals surface area (Å²) in [6.07, 6.45) is 3.26. The Morgan fingerprint density at radius 1 is 1.21 bits per heavy atom. The van der Waals surface area contributed by atoms with Crippen LogP contribution in [-0.4, -0.2) is 34.5 Å². The van der Waals surface area contributed by atoms with Crippen LogP contribution in [-0.2, 0) is 4.79 Å². The number of aliphatic hydroxyl groups excluding tert-OH is 1. The number of halogens is 1. The second kappa shape index (κ2) is 10.1. The zero-order chi connectivity index (χ0) is 21.6. The zero-order valence-corrected chi connectivity index (χ0v) is 17.4. The molecule has 2 aromatic rings. The zero-order valence-electron chi connectivity index (χ0n) is 16.6. The van der Waals surface area contributed by atoms with Gasteiger partial charge in [-0.1, -0.05) is 39.3 Å². The summed E-state index contributed by atoms with van der Waals surface area (Å²) in [5.41, 5.74) is 0.513. The number of esters is 2. The van der Waals surface area contributed by atoms with Crippen LogP contribution in [0.2, 0.25) is 5.02 Å². The first kappa shape index (κ1) is 22.5. The first-order valence-electron chi connectivity index (χ1n) is 9.07. The van der Waals surface area contributed by atoms with Gasteiger partial charge >= 0.3 is 11.9 Å². The Hall–Kier alpha value is -2.77. The van der Waals surface area contributed by atoms with Gasteiger partial charge in [0.1, 0.15) is 6.23 Å². The van der Waals surface area contributed by atoms with Crippen LogP contribution < -0.4 is 9.47 Å². The topological polar surface area (TPSA) is 98.1 Å². The van der Waals surface area contributed by atoms with Crippen molar-refractivity contribution in [2.45, 2.75) is 33.9 Å². The maximum absolute atomic E-state index is 12.4. The van der Waals surface area contributed by atoms with E-state index < -0.39 is 24.1 Å². The lowest BCUT2D eigenvalue weighted by atomic mass is 10.1. The summed E-state index contributed by atoms with van der Waals surface area (Å²) < 4.78 is 10.9. The van der Waals surface area contributed by atoms with Crippen LogP contribution in [0, 0.1) is 11.8 Å². The van der Waals surface area contributed by atoms with Crippen molar-refractivity contribution in [3.8, 4) is 11.5 Å². The molecule has 1 atom stereocenters. The molecule has 29 heavy (non-hydrogen) atoms. The Morgan fingerprint density at radius 2 is 1.93 bits per heavy atom. The molecule has 0 saturated carbocycles.